The molecule has 3 heteroatoms. The van der Waals surface area contributed by atoms with Gasteiger partial charge in [0.2, 0.25) is 0 Å². The molecule has 0 saturated heterocycles. The average molecular weight is 159 g/mol. The minimum atomic E-state index is 0.913. The van der Waals surface area contributed by atoms with E-state index in [1.54, 1.807) is 6.21 Å². The molecule has 0 heterocycles. The van der Waals surface area contributed by atoms with Gasteiger partial charge in [-0.2, -0.15) is 0 Å². The molecule has 0 fully saturated rings. The zero-order valence-electron chi connectivity index (χ0n) is 7.12. The zero-order valence-corrected chi connectivity index (χ0v) is 7.12. The lowest BCUT2D eigenvalue weighted by Gasteiger charge is -1.91. The van der Waals surface area contributed by atoms with E-state index >= 15 is 0 Å². The van der Waals surface area contributed by atoms with Crippen molar-refractivity contribution in [1.29, 1.82) is 0 Å². The number of oxime groups is 1. The van der Waals surface area contributed by atoms with Gasteiger partial charge in [0.25, 0.3) is 0 Å². The van der Waals surface area contributed by atoms with Crippen LogP contribution in [0.4, 0.5) is 0 Å². The second-order valence-corrected chi connectivity index (χ2v) is 2.15. The van der Waals surface area contributed by atoms with Gasteiger partial charge in [-0.25, -0.2) is 0 Å². The SMILES string of the molecule is C=O.CCCCCCC=NO. The van der Waals surface area contributed by atoms with E-state index in [0.717, 1.165) is 12.8 Å². The van der Waals surface area contributed by atoms with Crippen molar-refractivity contribution < 1.29 is 10.0 Å². The summed E-state index contributed by atoms with van der Waals surface area (Å²) in [5.41, 5.74) is 0. The number of carbonyl (C=O) groups is 1. The lowest BCUT2D eigenvalue weighted by molar-refractivity contribution is -0.0979. The summed E-state index contributed by atoms with van der Waals surface area (Å²) in [5, 5.41) is 10.9. The molecule has 0 rings (SSSR count). The maximum atomic E-state index is 8.00. The number of hydrogen-bond acceptors (Lipinski definition) is 3. The number of unbranched alkanes of at least 4 members (excludes halogenated alkanes) is 4. The van der Waals surface area contributed by atoms with Crippen LogP contribution in [0.2, 0.25) is 0 Å². The lowest BCUT2D eigenvalue weighted by Crippen LogP contribution is -1.77. The molecule has 3 nitrogen and oxygen atoms in total. The molecular formula is C8H17NO2. The zero-order chi connectivity index (χ0) is 8.95. The Morgan fingerprint density at radius 1 is 1.36 bits per heavy atom. The van der Waals surface area contributed by atoms with Gasteiger partial charge >= 0.3 is 0 Å². The molecule has 11 heavy (non-hydrogen) atoms. The summed E-state index contributed by atoms with van der Waals surface area (Å²) in [6, 6.07) is 0. The van der Waals surface area contributed by atoms with Crippen molar-refractivity contribution in [1.82, 2.24) is 0 Å². The summed E-state index contributed by atoms with van der Waals surface area (Å²) in [6.07, 6.45) is 7.42. The molecule has 0 saturated carbocycles. The van der Waals surface area contributed by atoms with Gasteiger partial charge in [-0.1, -0.05) is 26.2 Å². The van der Waals surface area contributed by atoms with Crippen molar-refractivity contribution in [3.8, 4) is 0 Å². The van der Waals surface area contributed by atoms with Gasteiger partial charge in [0, 0.05) is 6.21 Å². The quantitative estimate of drug-likeness (QED) is 0.289. The molecule has 0 aliphatic heterocycles. The van der Waals surface area contributed by atoms with Gasteiger partial charge in [0.05, 0.1) is 0 Å². The molecule has 0 unspecified atom stereocenters. The molecule has 0 aliphatic rings. The number of nitrogens with zero attached hydrogens (tertiary/aromatic N) is 1. The van der Waals surface area contributed by atoms with Crippen molar-refractivity contribution in [2.75, 3.05) is 0 Å². The molecule has 0 aromatic rings. The summed E-state index contributed by atoms with van der Waals surface area (Å²) >= 11 is 0. The fraction of sp³-hybridized carbons (Fsp3) is 0.750. The van der Waals surface area contributed by atoms with E-state index in [0.29, 0.717) is 0 Å². The third kappa shape index (κ3) is 17.6. The van der Waals surface area contributed by atoms with Crippen LogP contribution in [0.5, 0.6) is 0 Å². The van der Waals surface area contributed by atoms with Crippen LogP contribution in [0.3, 0.4) is 0 Å². The third-order valence-electron chi connectivity index (χ3n) is 1.27. The number of carbonyl (C=O) groups excluding carboxylic acids is 1. The first kappa shape index (κ1) is 12.8. The van der Waals surface area contributed by atoms with Gasteiger partial charge in [-0.3, -0.25) is 0 Å². The van der Waals surface area contributed by atoms with Crippen LogP contribution in [0.25, 0.3) is 0 Å². The predicted molar refractivity (Wildman–Crippen MR) is 46.2 cm³/mol. The molecule has 0 aromatic heterocycles. The average Bonchev–Trinajstić information content (AvgIpc) is 2.08. The minimum absolute atomic E-state index is 0.913. The van der Waals surface area contributed by atoms with Gasteiger partial charge in [0.15, 0.2) is 0 Å². The van der Waals surface area contributed by atoms with Crippen molar-refractivity contribution >= 4 is 13.0 Å². The molecule has 0 amide bonds. The van der Waals surface area contributed by atoms with Crippen LogP contribution in [-0.2, 0) is 4.79 Å². The van der Waals surface area contributed by atoms with E-state index in [9.17, 15) is 0 Å². The lowest BCUT2D eigenvalue weighted by atomic mass is 10.2. The smallest absolute Gasteiger partial charge is 0.106 e. The first-order valence-corrected chi connectivity index (χ1v) is 3.86. The molecule has 0 bridgehead atoms. The van der Waals surface area contributed by atoms with Crippen LogP contribution in [0.15, 0.2) is 5.16 Å². The Hall–Kier alpha value is -0.860. The largest absolute Gasteiger partial charge is 0.411 e. The Balaban J connectivity index is 0. The Kier molecular flexibility index (Phi) is 18.7. The van der Waals surface area contributed by atoms with E-state index in [2.05, 4.69) is 12.1 Å². The monoisotopic (exact) mass is 159 g/mol. The van der Waals surface area contributed by atoms with E-state index in [1.807, 2.05) is 6.79 Å². The van der Waals surface area contributed by atoms with Crippen molar-refractivity contribution in [2.24, 2.45) is 5.16 Å². The first-order valence-electron chi connectivity index (χ1n) is 3.86. The summed E-state index contributed by atoms with van der Waals surface area (Å²) in [4.78, 5) is 8.00. The molecule has 0 atom stereocenters. The summed E-state index contributed by atoms with van der Waals surface area (Å²) < 4.78 is 0. The number of hydrogen-bond donors (Lipinski definition) is 1. The second kappa shape index (κ2) is 16.1. The second-order valence-electron chi connectivity index (χ2n) is 2.15. The highest BCUT2D eigenvalue weighted by Crippen LogP contribution is 1.99. The Morgan fingerprint density at radius 2 is 2.00 bits per heavy atom. The highest BCUT2D eigenvalue weighted by atomic mass is 16.4. The van der Waals surface area contributed by atoms with Crippen LogP contribution >= 0.6 is 0 Å². The molecule has 1 N–H and O–H groups in total. The number of rotatable bonds is 5. The Bertz CT molecular complexity index is 84.2. The molecule has 0 aliphatic carbocycles. The third-order valence-corrected chi connectivity index (χ3v) is 1.27. The van der Waals surface area contributed by atoms with Gasteiger partial charge in [-0.15, -0.1) is 5.16 Å². The van der Waals surface area contributed by atoms with E-state index in [-0.39, 0.29) is 0 Å². The van der Waals surface area contributed by atoms with Crippen LogP contribution in [0, 0.1) is 0 Å². The van der Waals surface area contributed by atoms with Crippen molar-refractivity contribution in [3.05, 3.63) is 0 Å². The van der Waals surface area contributed by atoms with Crippen LogP contribution in [-0.4, -0.2) is 18.2 Å². The molecule has 0 radical (unpaired) electrons. The van der Waals surface area contributed by atoms with Gasteiger partial charge in [0.1, 0.15) is 6.79 Å². The summed E-state index contributed by atoms with van der Waals surface area (Å²) in [6.45, 7) is 4.18. The highest BCUT2D eigenvalue weighted by Gasteiger charge is 1.83. The van der Waals surface area contributed by atoms with Gasteiger partial charge in [-0.05, 0) is 12.8 Å². The van der Waals surface area contributed by atoms with Crippen molar-refractivity contribution in [3.63, 3.8) is 0 Å². The standard InChI is InChI=1S/C7H15NO.CH2O/c1-2-3-4-5-6-7-8-9;1-2/h7,9H,2-6H2,1H3;1H2. The minimum Gasteiger partial charge on any atom is -0.411 e. The Labute approximate surface area is 68.1 Å². The molecule has 0 aromatic carbocycles. The van der Waals surface area contributed by atoms with Crippen LogP contribution in [0.1, 0.15) is 39.0 Å². The van der Waals surface area contributed by atoms with E-state index in [1.165, 1.54) is 19.3 Å². The van der Waals surface area contributed by atoms with Gasteiger partial charge < -0.3 is 10.0 Å². The maximum absolute atomic E-state index is 8.00. The topological polar surface area (TPSA) is 49.7 Å². The summed E-state index contributed by atoms with van der Waals surface area (Å²) in [5.74, 6) is 0. The predicted octanol–water partition coefficient (Wildman–Crippen LogP) is 2.23. The molecule has 0 spiro atoms. The fourth-order valence-corrected chi connectivity index (χ4v) is 0.720. The highest BCUT2D eigenvalue weighted by molar-refractivity contribution is 5.55. The Morgan fingerprint density at radius 3 is 2.45 bits per heavy atom. The molecular weight excluding hydrogens is 142 g/mol. The normalized spacial score (nSPS) is 9.18. The maximum Gasteiger partial charge on any atom is 0.106 e. The van der Waals surface area contributed by atoms with Crippen molar-refractivity contribution in [2.45, 2.75) is 39.0 Å². The fourth-order valence-electron chi connectivity index (χ4n) is 0.720. The molecule has 66 valence electrons. The summed E-state index contributed by atoms with van der Waals surface area (Å²) in [7, 11) is 0. The van der Waals surface area contributed by atoms with Crippen LogP contribution < -0.4 is 0 Å². The first-order chi connectivity index (χ1) is 5.41. The van der Waals surface area contributed by atoms with E-state index < -0.39 is 0 Å². The van der Waals surface area contributed by atoms with E-state index in [4.69, 9.17) is 10.0 Å².